The van der Waals surface area contributed by atoms with Crippen molar-refractivity contribution >= 4 is 17.3 Å². The number of hydrogen-bond donors (Lipinski definition) is 1. The number of benzene rings is 1. The molecular weight excluding hydrogens is 232 g/mol. The number of halogens is 1. The van der Waals surface area contributed by atoms with E-state index in [4.69, 9.17) is 11.6 Å². The molecule has 0 saturated carbocycles. The van der Waals surface area contributed by atoms with Crippen LogP contribution in [0, 0.1) is 5.92 Å². The maximum absolute atomic E-state index is 5.89. The summed E-state index contributed by atoms with van der Waals surface area (Å²) in [5.74, 6) is 0.846. The maximum Gasteiger partial charge on any atom is 0.0407 e. The van der Waals surface area contributed by atoms with Crippen molar-refractivity contribution in [3.8, 4) is 0 Å². The molecule has 17 heavy (non-hydrogen) atoms. The summed E-state index contributed by atoms with van der Waals surface area (Å²) < 4.78 is 0. The quantitative estimate of drug-likeness (QED) is 0.886. The van der Waals surface area contributed by atoms with Crippen LogP contribution >= 0.6 is 11.6 Å². The van der Waals surface area contributed by atoms with Gasteiger partial charge in [0.1, 0.15) is 0 Å². The average molecular weight is 253 g/mol. The van der Waals surface area contributed by atoms with Crippen molar-refractivity contribution in [2.24, 2.45) is 5.92 Å². The molecular formula is C14H21ClN2. The van der Waals surface area contributed by atoms with E-state index in [1.165, 1.54) is 38.0 Å². The molecule has 1 aliphatic rings. The first-order chi connectivity index (χ1) is 8.25. The summed E-state index contributed by atoms with van der Waals surface area (Å²) in [6, 6.07) is 8.08. The molecule has 2 rings (SSSR count). The Labute approximate surface area is 109 Å². The molecule has 2 nitrogen and oxygen atoms in total. The van der Waals surface area contributed by atoms with Crippen molar-refractivity contribution in [3.63, 3.8) is 0 Å². The second kappa shape index (κ2) is 6.27. The zero-order valence-corrected chi connectivity index (χ0v) is 11.2. The van der Waals surface area contributed by atoms with Crippen LogP contribution in [0.15, 0.2) is 24.3 Å². The number of nitrogens with zero attached hydrogens (tertiary/aromatic N) is 1. The summed E-state index contributed by atoms with van der Waals surface area (Å²) in [6.45, 7) is 3.51. The predicted octanol–water partition coefficient (Wildman–Crippen LogP) is 3.17. The molecule has 3 heteroatoms. The van der Waals surface area contributed by atoms with E-state index in [0.29, 0.717) is 0 Å². The number of nitrogens with one attached hydrogen (secondary N) is 1. The van der Waals surface area contributed by atoms with Gasteiger partial charge >= 0.3 is 0 Å². The topological polar surface area (TPSA) is 15.3 Å². The van der Waals surface area contributed by atoms with Crippen molar-refractivity contribution in [1.29, 1.82) is 0 Å². The summed E-state index contributed by atoms with van der Waals surface area (Å²) in [5, 5.41) is 4.27. The molecule has 0 aromatic heterocycles. The molecule has 1 aliphatic heterocycles. The molecule has 0 amide bonds. The molecule has 1 heterocycles. The van der Waals surface area contributed by atoms with E-state index in [1.807, 2.05) is 12.1 Å². The van der Waals surface area contributed by atoms with Gasteiger partial charge in [0.2, 0.25) is 0 Å². The van der Waals surface area contributed by atoms with Gasteiger partial charge in [-0.3, -0.25) is 0 Å². The molecule has 1 saturated heterocycles. The number of rotatable bonds is 4. The molecule has 0 bridgehead atoms. The lowest BCUT2D eigenvalue weighted by Crippen LogP contribution is -2.32. The van der Waals surface area contributed by atoms with E-state index >= 15 is 0 Å². The summed E-state index contributed by atoms with van der Waals surface area (Å²) in [7, 11) is 2.15. The highest BCUT2D eigenvalue weighted by molar-refractivity contribution is 6.30. The van der Waals surface area contributed by atoms with Crippen LogP contribution in [0.1, 0.15) is 19.3 Å². The van der Waals surface area contributed by atoms with Gasteiger partial charge in [0.15, 0.2) is 0 Å². The molecule has 0 spiro atoms. The second-order valence-electron chi connectivity index (χ2n) is 4.90. The Hall–Kier alpha value is -0.730. The third-order valence-electron chi connectivity index (χ3n) is 3.54. The third kappa shape index (κ3) is 3.90. The van der Waals surface area contributed by atoms with E-state index < -0.39 is 0 Å². The summed E-state index contributed by atoms with van der Waals surface area (Å²) >= 11 is 5.89. The van der Waals surface area contributed by atoms with Crippen LogP contribution in [0.4, 0.5) is 5.69 Å². The van der Waals surface area contributed by atoms with Gasteiger partial charge in [0, 0.05) is 24.3 Å². The average Bonchev–Trinajstić information content (AvgIpc) is 2.38. The molecule has 1 N–H and O–H groups in total. The molecule has 1 atom stereocenters. The van der Waals surface area contributed by atoms with E-state index in [-0.39, 0.29) is 0 Å². The number of anilines is 1. The minimum Gasteiger partial charge on any atom is -0.375 e. The zero-order valence-electron chi connectivity index (χ0n) is 10.5. The molecule has 0 radical (unpaired) electrons. The highest BCUT2D eigenvalue weighted by atomic mass is 35.5. The Morgan fingerprint density at radius 2 is 2.12 bits per heavy atom. The minimum absolute atomic E-state index is 0.804. The Bertz CT molecular complexity index is 331. The fourth-order valence-electron chi connectivity index (χ4n) is 2.37. The standard InChI is InChI=1S/C14H21ClN2/c1-17(14-6-4-13(15)5-7-14)10-8-12-3-2-9-16-11-12/h4-7,12,16H,2-3,8-11H2,1H3. The van der Waals surface area contributed by atoms with Crippen LogP contribution in [0.5, 0.6) is 0 Å². The Morgan fingerprint density at radius 1 is 1.35 bits per heavy atom. The van der Waals surface area contributed by atoms with Gasteiger partial charge in [-0.1, -0.05) is 11.6 Å². The lowest BCUT2D eigenvalue weighted by Gasteiger charge is -2.26. The van der Waals surface area contributed by atoms with Gasteiger partial charge < -0.3 is 10.2 Å². The van der Waals surface area contributed by atoms with Gasteiger partial charge in [0.05, 0.1) is 0 Å². The van der Waals surface area contributed by atoms with E-state index in [1.54, 1.807) is 0 Å². The van der Waals surface area contributed by atoms with Crippen molar-refractivity contribution in [3.05, 3.63) is 29.3 Å². The smallest absolute Gasteiger partial charge is 0.0407 e. The fourth-order valence-corrected chi connectivity index (χ4v) is 2.50. The SMILES string of the molecule is CN(CCC1CCCNC1)c1ccc(Cl)cc1. The zero-order chi connectivity index (χ0) is 12.1. The highest BCUT2D eigenvalue weighted by Crippen LogP contribution is 2.19. The van der Waals surface area contributed by atoms with Gasteiger partial charge in [-0.25, -0.2) is 0 Å². The maximum atomic E-state index is 5.89. The largest absolute Gasteiger partial charge is 0.375 e. The van der Waals surface area contributed by atoms with Gasteiger partial charge in [-0.05, 0) is 62.5 Å². The lowest BCUT2D eigenvalue weighted by atomic mass is 9.96. The van der Waals surface area contributed by atoms with Crippen molar-refractivity contribution in [2.45, 2.75) is 19.3 Å². The lowest BCUT2D eigenvalue weighted by molar-refractivity contribution is 0.360. The molecule has 1 unspecified atom stereocenters. The Kier molecular flexibility index (Phi) is 4.69. The summed E-state index contributed by atoms with van der Waals surface area (Å²) in [5.41, 5.74) is 1.25. The van der Waals surface area contributed by atoms with Crippen LogP contribution in [-0.2, 0) is 0 Å². The fraction of sp³-hybridized carbons (Fsp3) is 0.571. The molecule has 1 aromatic rings. The van der Waals surface area contributed by atoms with Crippen LogP contribution in [0.25, 0.3) is 0 Å². The van der Waals surface area contributed by atoms with Crippen LogP contribution in [0.3, 0.4) is 0 Å². The van der Waals surface area contributed by atoms with E-state index in [0.717, 1.165) is 17.5 Å². The number of piperidine rings is 1. The third-order valence-corrected chi connectivity index (χ3v) is 3.79. The van der Waals surface area contributed by atoms with E-state index in [2.05, 4.69) is 29.4 Å². The first-order valence-electron chi connectivity index (χ1n) is 6.43. The van der Waals surface area contributed by atoms with Crippen LogP contribution in [-0.4, -0.2) is 26.7 Å². The van der Waals surface area contributed by atoms with Gasteiger partial charge in [-0.2, -0.15) is 0 Å². The Balaban J connectivity index is 1.80. The first kappa shape index (κ1) is 12.7. The Morgan fingerprint density at radius 3 is 2.76 bits per heavy atom. The summed E-state index contributed by atoms with van der Waals surface area (Å²) in [6.07, 6.45) is 3.98. The first-order valence-corrected chi connectivity index (χ1v) is 6.81. The van der Waals surface area contributed by atoms with Gasteiger partial charge in [0.25, 0.3) is 0 Å². The second-order valence-corrected chi connectivity index (χ2v) is 5.34. The predicted molar refractivity (Wildman–Crippen MR) is 74.9 cm³/mol. The van der Waals surface area contributed by atoms with Crippen molar-refractivity contribution < 1.29 is 0 Å². The monoisotopic (exact) mass is 252 g/mol. The van der Waals surface area contributed by atoms with Crippen molar-refractivity contribution in [2.75, 3.05) is 31.6 Å². The minimum atomic E-state index is 0.804. The van der Waals surface area contributed by atoms with Crippen LogP contribution < -0.4 is 10.2 Å². The normalized spacial score (nSPS) is 20.2. The van der Waals surface area contributed by atoms with Crippen molar-refractivity contribution in [1.82, 2.24) is 5.32 Å². The molecule has 1 aromatic carbocycles. The van der Waals surface area contributed by atoms with Crippen LogP contribution in [0.2, 0.25) is 5.02 Å². The van der Waals surface area contributed by atoms with E-state index in [9.17, 15) is 0 Å². The van der Waals surface area contributed by atoms with Gasteiger partial charge in [-0.15, -0.1) is 0 Å². The molecule has 1 fully saturated rings. The molecule has 0 aliphatic carbocycles. The summed E-state index contributed by atoms with van der Waals surface area (Å²) in [4.78, 5) is 2.31. The number of hydrogen-bond acceptors (Lipinski definition) is 2. The highest BCUT2D eigenvalue weighted by Gasteiger charge is 2.13. The molecule has 94 valence electrons.